The van der Waals surface area contributed by atoms with Crippen molar-refractivity contribution in [2.75, 3.05) is 33.8 Å². The number of likely N-dealkylation sites (tertiary alicyclic amines) is 1. The van der Waals surface area contributed by atoms with Crippen molar-refractivity contribution in [1.82, 2.24) is 10.2 Å². The first kappa shape index (κ1) is 14.9. The fourth-order valence-electron chi connectivity index (χ4n) is 2.22. The van der Waals surface area contributed by atoms with Crippen LogP contribution in [-0.4, -0.2) is 55.5 Å². The molecule has 17 heavy (non-hydrogen) atoms. The van der Waals surface area contributed by atoms with E-state index in [1.807, 2.05) is 0 Å². The molecule has 0 amide bonds. The molecule has 1 aliphatic heterocycles. The van der Waals surface area contributed by atoms with Crippen LogP contribution in [0.25, 0.3) is 0 Å². The lowest BCUT2D eigenvalue weighted by molar-refractivity contribution is -0.139. The second-order valence-corrected chi connectivity index (χ2v) is 5.72. The zero-order chi connectivity index (χ0) is 12.7. The van der Waals surface area contributed by atoms with Crippen LogP contribution in [0.15, 0.2) is 0 Å². The summed E-state index contributed by atoms with van der Waals surface area (Å²) in [6, 6.07) is 0.697. The minimum Gasteiger partial charge on any atom is -0.468 e. The Bertz CT molecular complexity index is 239. The van der Waals surface area contributed by atoms with E-state index in [1.54, 1.807) is 0 Å². The van der Waals surface area contributed by atoms with Crippen LogP contribution in [0.4, 0.5) is 0 Å². The summed E-state index contributed by atoms with van der Waals surface area (Å²) in [5, 5.41) is 3.29. The predicted octanol–water partition coefficient (Wildman–Crippen LogP) is 1.39. The monoisotopic (exact) mass is 306 g/mol. The SMILES string of the molecule is COC(=O)C(Br)CNCCC1CCCCN1C. The molecule has 4 nitrogen and oxygen atoms in total. The Balaban J connectivity index is 2.09. The second-order valence-electron chi connectivity index (χ2n) is 4.61. The molecule has 2 unspecified atom stereocenters. The van der Waals surface area contributed by atoms with Gasteiger partial charge in [0.15, 0.2) is 0 Å². The van der Waals surface area contributed by atoms with Crippen molar-refractivity contribution in [3.8, 4) is 0 Å². The van der Waals surface area contributed by atoms with Gasteiger partial charge in [-0.2, -0.15) is 0 Å². The van der Waals surface area contributed by atoms with Crippen LogP contribution in [0.2, 0.25) is 0 Å². The summed E-state index contributed by atoms with van der Waals surface area (Å²) < 4.78 is 4.64. The van der Waals surface area contributed by atoms with Crippen molar-refractivity contribution in [3.63, 3.8) is 0 Å². The smallest absolute Gasteiger partial charge is 0.320 e. The van der Waals surface area contributed by atoms with Gasteiger partial charge in [0.05, 0.1) is 7.11 Å². The summed E-state index contributed by atoms with van der Waals surface area (Å²) in [6.45, 7) is 2.80. The van der Waals surface area contributed by atoms with E-state index in [0.29, 0.717) is 12.6 Å². The topological polar surface area (TPSA) is 41.6 Å². The largest absolute Gasteiger partial charge is 0.468 e. The van der Waals surface area contributed by atoms with E-state index in [1.165, 1.54) is 32.9 Å². The average molecular weight is 307 g/mol. The molecule has 0 saturated carbocycles. The van der Waals surface area contributed by atoms with Gasteiger partial charge >= 0.3 is 5.97 Å². The molecule has 5 heteroatoms. The number of carbonyl (C=O) groups excluding carboxylic acids is 1. The lowest BCUT2D eigenvalue weighted by Gasteiger charge is -2.32. The fraction of sp³-hybridized carbons (Fsp3) is 0.917. The number of hydrogen-bond donors (Lipinski definition) is 1. The molecule has 0 aliphatic carbocycles. The Kier molecular flexibility index (Phi) is 7.08. The van der Waals surface area contributed by atoms with Crippen molar-refractivity contribution in [3.05, 3.63) is 0 Å². The third-order valence-electron chi connectivity index (χ3n) is 3.36. The number of alkyl halides is 1. The van der Waals surface area contributed by atoms with Gasteiger partial charge in [0.25, 0.3) is 0 Å². The van der Waals surface area contributed by atoms with Crippen molar-refractivity contribution < 1.29 is 9.53 Å². The van der Waals surface area contributed by atoms with E-state index in [-0.39, 0.29) is 10.8 Å². The van der Waals surface area contributed by atoms with Crippen molar-refractivity contribution >= 4 is 21.9 Å². The summed E-state index contributed by atoms with van der Waals surface area (Å²) in [4.78, 5) is 13.3. The van der Waals surface area contributed by atoms with Crippen molar-refractivity contribution in [2.24, 2.45) is 0 Å². The first-order chi connectivity index (χ1) is 8.15. The normalized spacial score (nSPS) is 23.4. The lowest BCUT2D eigenvalue weighted by Crippen LogP contribution is -2.39. The highest BCUT2D eigenvalue weighted by Gasteiger charge is 2.19. The number of nitrogens with zero attached hydrogens (tertiary/aromatic N) is 1. The van der Waals surface area contributed by atoms with Crippen LogP contribution in [0.5, 0.6) is 0 Å². The summed E-state index contributed by atoms with van der Waals surface area (Å²) in [6.07, 6.45) is 5.12. The molecule has 0 aromatic rings. The van der Waals surface area contributed by atoms with Crippen LogP contribution in [0.3, 0.4) is 0 Å². The minimum absolute atomic E-state index is 0.215. The molecule has 0 radical (unpaired) electrons. The predicted molar refractivity (Wildman–Crippen MR) is 72.5 cm³/mol. The molecule has 1 heterocycles. The number of piperidine rings is 1. The Morgan fingerprint density at radius 3 is 3.00 bits per heavy atom. The molecular formula is C12H23BrN2O2. The van der Waals surface area contributed by atoms with Gasteiger partial charge in [0.2, 0.25) is 0 Å². The molecule has 1 aliphatic rings. The highest BCUT2D eigenvalue weighted by Crippen LogP contribution is 2.17. The molecule has 0 bridgehead atoms. The summed E-state index contributed by atoms with van der Waals surface area (Å²) in [7, 11) is 3.61. The van der Waals surface area contributed by atoms with Crippen molar-refractivity contribution in [1.29, 1.82) is 0 Å². The number of nitrogens with one attached hydrogen (secondary N) is 1. The first-order valence-corrected chi connectivity index (χ1v) is 7.19. The van der Waals surface area contributed by atoms with Gasteiger partial charge in [0, 0.05) is 12.6 Å². The van der Waals surface area contributed by atoms with Gasteiger partial charge in [-0.1, -0.05) is 22.4 Å². The summed E-state index contributed by atoms with van der Waals surface area (Å²) in [5.74, 6) is -0.215. The zero-order valence-electron chi connectivity index (χ0n) is 10.7. The fourth-order valence-corrected chi connectivity index (χ4v) is 2.63. The average Bonchev–Trinajstić information content (AvgIpc) is 2.35. The van der Waals surface area contributed by atoms with Gasteiger partial charge in [-0.25, -0.2) is 0 Å². The maximum absolute atomic E-state index is 11.1. The molecule has 0 aromatic carbocycles. The summed E-state index contributed by atoms with van der Waals surface area (Å²) in [5.41, 5.74) is 0. The highest BCUT2D eigenvalue weighted by atomic mass is 79.9. The van der Waals surface area contributed by atoms with E-state index in [4.69, 9.17) is 0 Å². The van der Waals surface area contributed by atoms with E-state index < -0.39 is 0 Å². The molecule has 1 N–H and O–H groups in total. The van der Waals surface area contributed by atoms with Crippen LogP contribution in [-0.2, 0) is 9.53 Å². The lowest BCUT2D eigenvalue weighted by atomic mass is 10.0. The van der Waals surface area contributed by atoms with Crippen LogP contribution in [0, 0.1) is 0 Å². The van der Waals surface area contributed by atoms with Crippen molar-refractivity contribution in [2.45, 2.75) is 36.6 Å². The Morgan fingerprint density at radius 1 is 1.59 bits per heavy atom. The zero-order valence-corrected chi connectivity index (χ0v) is 12.3. The highest BCUT2D eigenvalue weighted by molar-refractivity contribution is 9.10. The standard InChI is InChI=1S/C12H23BrN2O2/c1-15-8-4-3-5-10(15)6-7-14-9-11(13)12(16)17-2/h10-11,14H,3-9H2,1-2H3. The molecule has 1 rings (SSSR count). The van der Waals surface area contributed by atoms with Gasteiger partial charge < -0.3 is 15.0 Å². The van der Waals surface area contributed by atoms with Crippen LogP contribution in [0.1, 0.15) is 25.7 Å². The Labute approximate surface area is 112 Å². The molecular weight excluding hydrogens is 284 g/mol. The number of hydrogen-bond acceptors (Lipinski definition) is 4. The second kappa shape index (κ2) is 8.06. The van der Waals surface area contributed by atoms with Gasteiger partial charge in [-0.3, -0.25) is 4.79 Å². The van der Waals surface area contributed by atoms with Gasteiger partial charge in [-0.15, -0.1) is 0 Å². The van der Waals surface area contributed by atoms with Gasteiger partial charge in [0.1, 0.15) is 4.83 Å². The Hall–Kier alpha value is -0.130. The third-order valence-corrected chi connectivity index (χ3v) is 4.05. The quantitative estimate of drug-likeness (QED) is 0.457. The molecule has 0 aromatic heterocycles. The third kappa shape index (κ3) is 5.36. The van der Waals surface area contributed by atoms with Crippen LogP contribution < -0.4 is 5.32 Å². The molecule has 100 valence electrons. The van der Waals surface area contributed by atoms with E-state index in [0.717, 1.165) is 13.0 Å². The molecule has 0 spiro atoms. The maximum Gasteiger partial charge on any atom is 0.320 e. The molecule has 2 atom stereocenters. The van der Waals surface area contributed by atoms with E-state index >= 15 is 0 Å². The minimum atomic E-state index is -0.239. The van der Waals surface area contributed by atoms with Gasteiger partial charge in [-0.05, 0) is 39.4 Å². The van der Waals surface area contributed by atoms with E-state index in [9.17, 15) is 4.79 Å². The number of esters is 1. The number of carbonyl (C=O) groups is 1. The maximum atomic E-state index is 11.1. The number of methoxy groups -OCH3 is 1. The number of ether oxygens (including phenoxy) is 1. The number of halogens is 1. The Morgan fingerprint density at radius 2 is 2.35 bits per heavy atom. The molecule has 1 saturated heterocycles. The summed E-state index contributed by atoms with van der Waals surface area (Å²) >= 11 is 3.29. The number of rotatable bonds is 6. The molecule has 1 fully saturated rings. The first-order valence-electron chi connectivity index (χ1n) is 6.28. The van der Waals surface area contributed by atoms with E-state index in [2.05, 4.69) is 37.9 Å². The van der Waals surface area contributed by atoms with Crippen LogP contribution >= 0.6 is 15.9 Å².